The molecule has 4 nitrogen and oxygen atoms in total. The van der Waals surface area contributed by atoms with Crippen molar-refractivity contribution in [3.8, 4) is 0 Å². The largest absolute Gasteiger partial charge is 0.314 e. The van der Waals surface area contributed by atoms with Crippen molar-refractivity contribution in [2.75, 3.05) is 19.6 Å². The van der Waals surface area contributed by atoms with Crippen LogP contribution < -0.4 is 46.9 Å². The van der Waals surface area contributed by atoms with Crippen molar-refractivity contribution in [1.29, 1.82) is 0 Å². The van der Waals surface area contributed by atoms with E-state index in [2.05, 4.69) is 340 Å². The summed E-state index contributed by atoms with van der Waals surface area (Å²) >= 11 is 0. The van der Waals surface area contributed by atoms with Crippen molar-refractivity contribution in [2.45, 2.75) is 176 Å². The predicted molar refractivity (Wildman–Crippen MR) is 387 cm³/mol. The molecule has 0 spiro atoms. The van der Waals surface area contributed by atoms with Crippen LogP contribution in [0, 0.1) is 0 Å². The molecule has 14 rings (SSSR count). The Balaban J connectivity index is 1.14. The van der Waals surface area contributed by atoms with Crippen molar-refractivity contribution in [2.24, 2.45) is 0 Å². The maximum atomic E-state index is 2.72. The third-order valence-electron chi connectivity index (χ3n) is 20.5. The topological polar surface area (TPSA) is 13.0 Å². The third kappa shape index (κ3) is 9.21. The summed E-state index contributed by atoms with van der Waals surface area (Å²) in [6.45, 7) is 47.0. The molecule has 448 valence electrons. The summed E-state index contributed by atoms with van der Waals surface area (Å²) in [4.78, 5) is 10.6. The van der Waals surface area contributed by atoms with Gasteiger partial charge in [-0.2, -0.15) is 0 Å². The molecule has 0 saturated carbocycles. The first kappa shape index (κ1) is 58.7. The van der Waals surface area contributed by atoms with Crippen molar-refractivity contribution >= 4 is 109 Å². The molecule has 4 aliphatic heterocycles. The van der Waals surface area contributed by atoms with Gasteiger partial charge < -0.3 is 19.6 Å². The molecule has 0 fully saturated rings. The van der Waals surface area contributed by atoms with Gasteiger partial charge in [0.05, 0.1) is 0 Å². The standard InChI is InChI=1S/C83H90B2N4/c1-77(2,3)51-29-37-57(38-30-51)86-66-28-24-23-27-63(66)84-64-49-65-68(50-67(64)87(58-39-31-52(32-40-58)78(4,5)6)70-46-55(81(13,14)15)45-69(86)74(70)84)88(59-41-33-53(34-42-59)79(7,8)9)71-47-56(82(16,17)18)48-72-75(71)85(65)73-61-25-21-22-26-62(61)83(19,20)76(73)89(72)60-43-35-54(36-44-60)80(10,11)12/h21-50H,1-20H3. The first-order valence-electron chi connectivity index (χ1n) is 32.8. The van der Waals surface area contributed by atoms with Crippen LogP contribution in [0.3, 0.4) is 0 Å². The van der Waals surface area contributed by atoms with Crippen LogP contribution in [0.15, 0.2) is 188 Å². The minimum atomic E-state index is -0.343. The van der Waals surface area contributed by atoms with E-state index in [9.17, 15) is 0 Å². The maximum Gasteiger partial charge on any atom is 0.252 e. The van der Waals surface area contributed by atoms with Gasteiger partial charge in [0, 0.05) is 73.7 Å². The van der Waals surface area contributed by atoms with Gasteiger partial charge in [-0.05, 0) is 195 Å². The predicted octanol–water partition coefficient (Wildman–Crippen LogP) is 19.3. The Morgan fingerprint density at radius 3 is 1.01 bits per heavy atom. The monoisotopic (exact) mass is 1160 g/mol. The van der Waals surface area contributed by atoms with Crippen LogP contribution in [0.5, 0.6) is 0 Å². The highest BCUT2D eigenvalue weighted by atomic mass is 15.2. The van der Waals surface area contributed by atoms with Crippen molar-refractivity contribution in [3.63, 3.8) is 0 Å². The molecule has 6 heteroatoms. The number of fused-ring (bicyclic) bond motifs is 9. The van der Waals surface area contributed by atoms with E-state index in [1.54, 1.807) is 0 Å². The fourth-order valence-electron chi connectivity index (χ4n) is 15.4. The lowest BCUT2D eigenvalue weighted by Crippen LogP contribution is -2.63. The number of para-hydroxylation sites is 1. The fourth-order valence-corrected chi connectivity index (χ4v) is 15.4. The quantitative estimate of drug-likeness (QED) is 0.163. The molecule has 0 saturated heterocycles. The Bertz CT molecular complexity index is 4390. The number of benzene rings is 9. The van der Waals surface area contributed by atoms with E-state index in [1.165, 1.54) is 134 Å². The number of hydrogen-bond donors (Lipinski definition) is 0. The number of allylic oxidation sites excluding steroid dienone is 1. The van der Waals surface area contributed by atoms with Crippen LogP contribution in [0.2, 0.25) is 0 Å². The highest BCUT2D eigenvalue weighted by Crippen LogP contribution is 2.58. The van der Waals surface area contributed by atoms with Gasteiger partial charge in [0.2, 0.25) is 0 Å². The summed E-state index contributed by atoms with van der Waals surface area (Å²) in [6, 6.07) is 72.5. The second-order valence-corrected chi connectivity index (χ2v) is 33.2. The first-order chi connectivity index (χ1) is 41.7. The summed E-state index contributed by atoms with van der Waals surface area (Å²) in [5, 5.41) is 0. The van der Waals surface area contributed by atoms with Gasteiger partial charge in [0.15, 0.2) is 0 Å². The molecule has 0 bridgehead atoms. The van der Waals surface area contributed by atoms with Gasteiger partial charge >= 0.3 is 0 Å². The van der Waals surface area contributed by atoms with E-state index >= 15 is 0 Å². The number of hydrogen-bond acceptors (Lipinski definition) is 4. The van der Waals surface area contributed by atoms with Crippen molar-refractivity contribution < 1.29 is 0 Å². The molecule has 0 atom stereocenters. The van der Waals surface area contributed by atoms with E-state index in [0.717, 1.165) is 11.4 Å². The zero-order chi connectivity index (χ0) is 63.2. The van der Waals surface area contributed by atoms with E-state index in [1.807, 2.05) is 0 Å². The van der Waals surface area contributed by atoms with Gasteiger partial charge in [-0.15, -0.1) is 0 Å². The third-order valence-corrected chi connectivity index (χ3v) is 20.5. The van der Waals surface area contributed by atoms with Crippen LogP contribution in [0.4, 0.5) is 62.6 Å². The zero-order valence-electron chi connectivity index (χ0n) is 56.8. The molecule has 0 unspecified atom stereocenters. The molecule has 4 heterocycles. The summed E-state index contributed by atoms with van der Waals surface area (Å²) in [6.07, 6.45) is 0. The minimum absolute atomic E-state index is 0.00642. The summed E-state index contributed by atoms with van der Waals surface area (Å²) in [5.41, 5.74) is 32.7. The van der Waals surface area contributed by atoms with E-state index < -0.39 is 0 Å². The van der Waals surface area contributed by atoms with Crippen LogP contribution in [-0.2, 0) is 37.9 Å². The molecular weight excluding hydrogens is 1070 g/mol. The Morgan fingerprint density at radius 2 is 0.607 bits per heavy atom. The van der Waals surface area contributed by atoms with Gasteiger partial charge in [-0.3, -0.25) is 0 Å². The SMILES string of the molecule is CC(C)(C)c1ccc(N2C3=C(B4c5cc6c(cc5N(c5ccc(C(C)(C)C)cc5)c5cc(C(C)(C)C)cc2c54)N(c2ccc(C(C)(C)C)cc2)c2cc(C(C)(C)C)cc4c2B6c2ccccc2N4c2ccc(C(C)(C)C)cc2)c2ccccc2C3(C)C)cc1. The molecule has 1 aliphatic carbocycles. The molecule has 89 heavy (non-hydrogen) atoms. The molecule has 0 aromatic heterocycles. The Labute approximate surface area is 533 Å². The van der Waals surface area contributed by atoms with Crippen molar-refractivity contribution in [3.05, 3.63) is 232 Å². The molecule has 0 amide bonds. The van der Waals surface area contributed by atoms with Crippen LogP contribution in [0.1, 0.15) is 183 Å². The fraction of sp³-hybridized carbons (Fsp3) is 0.325. The van der Waals surface area contributed by atoms with E-state index in [0.29, 0.717) is 0 Å². The summed E-state index contributed by atoms with van der Waals surface area (Å²) in [7, 11) is 0. The second-order valence-electron chi connectivity index (χ2n) is 33.2. The molecule has 5 aliphatic rings. The van der Waals surface area contributed by atoms with Gasteiger partial charge in [-0.25, -0.2) is 0 Å². The van der Waals surface area contributed by atoms with Gasteiger partial charge in [0.25, 0.3) is 13.4 Å². The Kier molecular flexibility index (Phi) is 12.9. The van der Waals surface area contributed by atoms with E-state index in [4.69, 9.17) is 0 Å². The van der Waals surface area contributed by atoms with Gasteiger partial charge in [-0.1, -0.05) is 236 Å². The number of rotatable bonds is 4. The summed E-state index contributed by atoms with van der Waals surface area (Å²) in [5.74, 6) is 0. The van der Waals surface area contributed by atoms with Crippen LogP contribution in [-0.4, -0.2) is 13.4 Å². The minimum Gasteiger partial charge on any atom is -0.314 e. The zero-order valence-corrected chi connectivity index (χ0v) is 56.8. The number of nitrogens with zero attached hydrogens (tertiary/aromatic N) is 4. The lowest BCUT2D eigenvalue weighted by molar-refractivity contribution is 0.589. The van der Waals surface area contributed by atoms with Crippen LogP contribution >= 0.6 is 0 Å². The first-order valence-corrected chi connectivity index (χ1v) is 32.8. The lowest BCUT2D eigenvalue weighted by atomic mass is 9.29. The van der Waals surface area contributed by atoms with Crippen LogP contribution in [0.25, 0.3) is 5.47 Å². The van der Waals surface area contributed by atoms with E-state index in [-0.39, 0.29) is 51.3 Å². The lowest BCUT2D eigenvalue weighted by Gasteiger charge is -2.48. The number of anilines is 11. The van der Waals surface area contributed by atoms with Gasteiger partial charge in [0.1, 0.15) is 0 Å². The normalized spacial score (nSPS) is 15.8. The van der Waals surface area contributed by atoms with Crippen molar-refractivity contribution in [1.82, 2.24) is 0 Å². The molecule has 0 radical (unpaired) electrons. The second kappa shape index (κ2) is 19.5. The molecule has 9 aromatic rings. The Hall–Kier alpha value is -7.95. The highest BCUT2D eigenvalue weighted by Gasteiger charge is 2.54. The molecular formula is C83H90B2N4. The molecule has 9 aromatic carbocycles. The highest BCUT2D eigenvalue weighted by molar-refractivity contribution is 7.05. The smallest absolute Gasteiger partial charge is 0.252 e. The molecule has 0 N–H and O–H groups in total. The summed E-state index contributed by atoms with van der Waals surface area (Å²) < 4.78 is 0. The average Bonchev–Trinajstić information content (AvgIpc) is 1.67. The Morgan fingerprint density at radius 1 is 0.281 bits per heavy atom. The maximum absolute atomic E-state index is 2.72. The average molecular weight is 1170 g/mol.